The predicted octanol–water partition coefficient (Wildman–Crippen LogP) is 3.39. The molecule has 0 saturated heterocycles. The molecule has 0 atom stereocenters. The summed E-state index contributed by atoms with van der Waals surface area (Å²) in [7, 11) is -1.50. The Hall–Kier alpha value is 1.81. The number of hydrogen-bond donors (Lipinski definition) is 0. The maximum atomic E-state index is 5.77. The van der Waals surface area contributed by atoms with Crippen LogP contribution in [0.3, 0.4) is 0 Å². The molecular formula is C8H20Cl4Si3. The van der Waals surface area contributed by atoms with Crippen LogP contribution in [0, 0.1) is 0 Å². The van der Waals surface area contributed by atoms with E-state index in [1.165, 1.54) is 24.2 Å². The SMILES string of the molecule is C[Si](C)(CC[SiH2]C(Cl)Cl)CC[SiH2]C(Cl)Cl. The minimum absolute atomic E-state index is 0.0563. The highest BCUT2D eigenvalue weighted by atomic mass is 35.5. The van der Waals surface area contributed by atoms with E-state index in [0.717, 1.165) is 0 Å². The molecule has 0 aliphatic heterocycles. The Balaban J connectivity index is 3.57. The van der Waals surface area contributed by atoms with Gasteiger partial charge in [0.2, 0.25) is 0 Å². The van der Waals surface area contributed by atoms with Gasteiger partial charge in [-0.1, -0.05) is 37.3 Å². The molecule has 0 aliphatic rings. The van der Waals surface area contributed by atoms with E-state index in [1.54, 1.807) is 0 Å². The average Bonchev–Trinajstić information content (AvgIpc) is 2.01. The van der Waals surface area contributed by atoms with Gasteiger partial charge >= 0.3 is 0 Å². The number of alkyl halides is 4. The Morgan fingerprint density at radius 3 is 1.47 bits per heavy atom. The summed E-state index contributed by atoms with van der Waals surface area (Å²) in [5.41, 5.74) is 0. The van der Waals surface area contributed by atoms with Gasteiger partial charge in [-0.15, -0.1) is 46.4 Å². The van der Waals surface area contributed by atoms with Gasteiger partial charge in [-0.05, 0) is 0 Å². The van der Waals surface area contributed by atoms with E-state index in [2.05, 4.69) is 13.1 Å². The normalized spacial score (nSPS) is 14.4. The second-order valence-electron chi connectivity index (χ2n) is 4.73. The van der Waals surface area contributed by atoms with Crippen LogP contribution >= 0.6 is 46.4 Å². The van der Waals surface area contributed by atoms with E-state index in [0.29, 0.717) is 0 Å². The first-order valence-corrected chi connectivity index (χ1v) is 14.2. The van der Waals surface area contributed by atoms with Crippen molar-refractivity contribution in [1.82, 2.24) is 0 Å². The molecule has 0 spiro atoms. The fourth-order valence-electron chi connectivity index (χ4n) is 1.59. The molecule has 7 heteroatoms. The van der Waals surface area contributed by atoms with Gasteiger partial charge in [-0.2, -0.15) is 0 Å². The number of rotatable bonds is 8. The Kier molecular flexibility index (Phi) is 9.90. The van der Waals surface area contributed by atoms with E-state index >= 15 is 0 Å². The van der Waals surface area contributed by atoms with Gasteiger partial charge in [-0.25, -0.2) is 0 Å². The number of halogens is 4. The van der Waals surface area contributed by atoms with Crippen molar-refractivity contribution >= 4 is 73.5 Å². The molecule has 0 aromatic rings. The fourth-order valence-corrected chi connectivity index (χ4v) is 13.6. The van der Waals surface area contributed by atoms with Crippen molar-refractivity contribution in [1.29, 1.82) is 0 Å². The summed E-state index contributed by atoms with van der Waals surface area (Å²) in [5, 5.41) is 0. The van der Waals surface area contributed by atoms with Crippen molar-refractivity contribution in [2.24, 2.45) is 0 Å². The van der Waals surface area contributed by atoms with Crippen LogP contribution < -0.4 is 0 Å². The summed E-state index contributed by atoms with van der Waals surface area (Å²) in [5.74, 6) is 0. The van der Waals surface area contributed by atoms with Crippen LogP contribution in [0.1, 0.15) is 0 Å². The number of hydrogen-bond acceptors (Lipinski definition) is 0. The highest BCUT2D eigenvalue weighted by Crippen LogP contribution is 2.21. The molecule has 92 valence electrons. The van der Waals surface area contributed by atoms with Crippen LogP contribution in [0.5, 0.6) is 0 Å². The largest absolute Gasteiger partial charge is 0.110 e. The van der Waals surface area contributed by atoms with E-state index < -0.39 is 8.07 Å². The van der Waals surface area contributed by atoms with Crippen molar-refractivity contribution in [3.05, 3.63) is 0 Å². The first-order valence-electron chi connectivity index (χ1n) is 5.40. The highest BCUT2D eigenvalue weighted by molar-refractivity contribution is 6.80. The molecule has 0 aromatic carbocycles. The molecular weight excluding hydrogens is 322 g/mol. The molecule has 0 saturated carbocycles. The molecule has 0 rings (SSSR count). The van der Waals surface area contributed by atoms with Gasteiger partial charge < -0.3 is 0 Å². The second-order valence-corrected chi connectivity index (χ2v) is 18.9. The monoisotopic (exact) mass is 340 g/mol. The van der Waals surface area contributed by atoms with Crippen molar-refractivity contribution < 1.29 is 0 Å². The molecule has 0 nitrogen and oxygen atoms in total. The Labute approximate surface area is 119 Å². The van der Waals surface area contributed by atoms with Crippen molar-refractivity contribution in [2.75, 3.05) is 0 Å². The molecule has 0 bridgehead atoms. The Morgan fingerprint density at radius 1 is 0.867 bits per heavy atom. The molecule has 0 heterocycles. The lowest BCUT2D eigenvalue weighted by Crippen LogP contribution is -2.26. The van der Waals surface area contributed by atoms with Gasteiger partial charge in [0.05, 0.1) is 28.0 Å². The molecule has 0 aliphatic carbocycles. The maximum absolute atomic E-state index is 5.77. The third-order valence-corrected chi connectivity index (χ3v) is 12.4. The summed E-state index contributed by atoms with van der Waals surface area (Å²) in [6.07, 6.45) is 0. The Morgan fingerprint density at radius 2 is 1.20 bits per heavy atom. The first kappa shape index (κ1) is 16.8. The Bertz CT molecular complexity index is 148. The van der Waals surface area contributed by atoms with Crippen LogP contribution in [-0.4, -0.2) is 36.0 Å². The van der Waals surface area contributed by atoms with Crippen molar-refractivity contribution in [2.45, 2.75) is 46.2 Å². The topological polar surface area (TPSA) is 0 Å². The minimum Gasteiger partial charge on any atom is -0.110 e. The highest BCUT2D eigenvalue weighted by Gasteiger charge is 2.20. The molecule has 15 heavy (non-hydrogen) atoms. The van der Waals surface area contributed by atoms with Gasteiger partial charge in [0, 0.05) is 8.07 Å². The zero-order valence-electron chi connectivity index (χ0n) is 9.41. The van der Waals surface area contributed by atoms with Crippen LogP contribution in [-0.2, 0) is 0 Å². The molecule has 0 N–H and O–H groups in total. The van der Waals surface area contributed by atoms with Crippen LogP contribution in [0.15, 0.2) is 0 Å². The van der Waals surface area contributed by atoms with Crippen LogP contribution in [0.25, 0.3) is 0 Å². The molecule has 0 amide bonds. The second kappa shape index (κ2) is 8.84. The van der Waals surface area contributed by atoms with Gasteiger partial charge in [0.1, 0.15) is 0 Å². The molecule has 0 aromatic heterocycles. The smallest absolute Gasteiger partial charge is 0.0907 e. The zero-order valence-corrected chi connectivity index (χ0v) is 16.3. The molecule has 0 unspecified atom stereocenters. The summed E-state index contributed by atoms with van der Waals surface area (Å²) in [4.78, 5) is 0. The summed E-state index contributed by atoms with van der Waals surface area (Å²) in [6.45, 7) is 4.90. The van der Waals surface area contributed by atoms with E-state index in [1.807, 2.05) is 0 Å². The van der Waals surface area contributed by atoms with Crippen LogP contribution in [0.4, 0.5) is 0 Å². The van der Waals surface area contributed by atoms with Gasteiger partial charge in [0.15, 0.2) is 0 Å². The summed E-state index contributed by atoms with van der Waals surface area (Å²) >= 11 is 23.1. The van der Waals surface area contributed by atoms with Gasteiger partial charge in [-0.3, -0.25) is 0 Å². The molecule has 0 radical (unpaired) electrons. The molecule has 0 fully saturated rings. The predicted molar refractivity (Wildman–Crippen MR) is 84.8 cm³/mol. The van der Waals surface area contributed by atoms with Crippen molar-refractivity contribution in [3.8, 4) is 0 Å². The fraction of sp³-hybridized carbons (Fsp3) is 1.00. The van der Waals surface area contributed by atoms with Gasteiger partial charge in [0.25, 0.3) is 0 Å². The quantitative estimate of drug-likeness (QED) is 0.469. The van der Waals surface area contributed by atoms with Crippen molar-refractivity contribution in [3.63, 3.8) is 0 Å². The standard InChI is InChI=1S/C8H20Cl4Si3/c1-15(2,5-3-13-7(9)10)6-4-14-8(11)12/h7-8H,3-6,13-14H2,1-2H3. The van der Waals surface area contributed by atoms with E-state index in [-0.39, 0.29) is 28.0 Å². The lowest BCUT2D eigenvalue weighted by atomic mass is 10.9. The lowest BCUT2D eigenvalue weighted by molar-refractivity contribution is 1.22. The minimum atomic E-state index is -1.00. The summed E-state index contributed by atoms with van der Waals surface area (Å²) in [6, 6.07) is 5.34. The maximum Gasteiger partial charge on any atom is 0.0907 e. The lowest BCUT2D eigenvalue weighted by Gasteiger charge is -2.22. The van der Waals surface area contributed by atoms with E-state index in [9.17, 15) is 0 Å². The van der Waals surface area contributed by atoms with Crippen LogP contribution in [0.2, 0.25) is 37.3 Å². The first-order chi connectivity index (χ1) is 6.83. The van der Waals surface area contributed by atoms with E-state index in [4.69, 9.17) is 46.4 Å². The average molecular weight is 342 g/mol. The zero-order chi connectivity index (χ0) is 11.9. The summed E-state index contributed by atoms with van der Waals surface area (Å²) < 4.78 is -0.113. The third kappa shape index (κ3) is 12.1. The third-order valence-electron chi connectivity index (χ3n) is 2.55.